The first-order valence-corrected chi connectivity index (χ1v) is 8.77. The van der Waals surface area contributed by atoms with Crippen LogP contribution in [0.15, 0.2) is 0 Å². The molecule has 0 aromatic rings. The highest BCUT2D eigenvalue weighted by Gasteiger charge is 2.81. The smallest absolute Gasteiger partial charge is 0.328 e. The van der Waals surface area contributed by atoms with Gasteiger partial charge in [0.05, 0.1) is 27.2 Å². The Morgan fingerprint density at radius 2 is 1.28 bits per heavy atom. The zero-order valence-corrected chi connectivity index (χ0v) is 15.0. The lowest BCUT2D eigenvalue weighted by Gasteiger charge is -2.33. The number of halogens is 9. The van der Waals surface area contributed by atoms with E-state index in [4.69, 9.17) is 0 Å². The van der Waals surface area contributed by atoms with Crippen LogP contribution in [0.1, 0.15) is 26.2 Å². The summed E-state index contributed by atoms with van der Waals surface area (Å²) in [6, 6.07) is 0. The third-order valence-electron chi connectivity index (χ3n) is 3.73. The fourth-order valence-corrected chi connectivity index (χ4v) is 3.10. The molecule has 0 radical (unpaired) electrons. The van der Waals surface area contributed by atoms with Crippen molar-refractivity contribution in [3.63, 3.8) is 0 Å². The van der Waals surface area contributed by atoms with Crippen LogP contribution in [0.2, 0.25) is 0 Å². The number of unbranched alkanes of at least 4 members (excludes halogenated alkanes) is 1. The summed E-state index contributed by atoms with van der Waals surface area (Å²) in [5.41, 5.74) is 0. The number of nitrogens with zero attached hydrogens (tertiary/aromatic N) is 1. The van der Waals surface area contributed by atoms with Crippen LogP contribution in [0.5, 0.6) is 0 Å². The van der Waals surface area contributed by atoms with Crippen LogP contribution >= 0.6 is 11.8 Å². The zero-order chi connectivity index (χ0) is 20.2. The Labute approximate surface area is 145 Å². The second-order valence-corrected chi connectivity index (χ2v) is 7.67. The molecule has 0 saturated heterocycles. The van der Waals surface area contributed by atoms with E-state index in [0.717, 1.165) is 31.1 Å². The molecule has 152 valence electrons. The van der Waals surface area contributed by atoms with Crippen molar-refractivity contribution in [3.05, 3.63) is 0 Å². The summed E-state index contributed by atoms with van der Waals surface area (Å²) in [5, 5.41) is 0. The van der Waals surface area contributed by atoms with Crippen molar-refractivity contribution in [1.82, 2.24) is 0 Å². The third-order valence-corrected chi connectivity index (χ3v) is 4.69. The Morgan fingerprint density at radius 3 is 1.72 bits per heavy atom. The number of alkyl halides is 9. The van der Waals surface area contributed by atoms with Crippen LogP contribution in [0, 0.1) is 0 Å². The highest BCUT2D eigenvalue weighted by atomic mass is 32.2. The maximum absolute atomic E-state index is 13.3. The minimum Gasteiger partial charge on any atom is -0.328 e. The maximum atomic E-state index is 13.3. The molecular weight excluding hydrogens is 385 g/mol. The zero-order valence-electron chi connectivity index (χ0n) is 14.2. The van der Waals surface area contributed by atoms with Crippen LogP contribution in [0.25, 0.3) is 0 Å². The Bertz CT molecular complexity index is 408. The van der Waals surface area contributed by atoms with Crippen molar-refractivity contribution >= 4 is 11.8 Å². The van der Waals surface area contributed by atoms with E-state index < -0.39 is 36.1 Å². The van der Waals surface area contributed by atoms with E-state index in [1.54, 1.807) is 0 Å². The molecule has 0 unspecified atom stereocenters. The number of hydrogen-bond acceptors (Lipinski definition) is 1. The van der Waals surface area contributed by atoms with Gasteiger partial charge in [0, 0.05) is 12.2 Å². The van der Waals surface area contributed by atoms with Crippen molar-refractivity contribution in [1.29, 1.82) is 0 Å². The summed E-state index contributed by atoms with van der Waals surface area (Å²) in [6.45, 7) is 3.35. The van der Waals surface area contributed by atoms with E-state index in [9.17, 15) is 39.5 Å². The molecule has 0 atom stereocenters. The van der Waals surface area contributed by atoms with Gasteiger partial charge in [-0.15, -0.1) is 0 Å². The fraction of sp³-hybridized carbons (Fsp3) is 1.00. The minimum atomic E-state index is -6.80. The number of hydrogen-bond donors (Lipinski definition) is 0. The average molecular weight is 408 g/mol. The Morgan fingerprint density at radius 1 is 0.760 bits per heavy atom. The van der Waals surface area contributed by atoms with Crippen molar-refractivity contribution in [2.24, 2.45) is 0 Å². The molecule has 0 N–H and O–H groups in total. The largest absolute Gasteiger partial charge is 0.460 e. The van der Waals surface area contributed by atoms with E-state index in [0.29, 0.717) is 16.8 Å². The molecule has 0 aliphatic rings. The van der Waals surface area contributed by atoms with E-state index >= 15 is 0 Å². The first-order valence-electron chi connectivity index (χ1n) is 7.62. The first kappa shape index (κ1) is 24.7. The van der Waals surface area contributed by atoms with Crippen LogP contribution < -0.4 is 0 Å². The average Bonchev–Trinajstić information content (AvgIpc) is 2.43. The molecule has 25 heavy (non-hydrogen) atoms. The molecule has 0 heterocycles. The lowest BCUT2D eigenvalue weighted by atomic mass is 10.0. The Balaban J connectivity index is 4.59. The molecule has 0 amide bonds. The SMILES string of the molecule is CCCC[N+](C)(C)CCSCCC(F)(F)C(F)(F)C(F)(F)C(F)(F)F. The van der Waals surface area contributed by atoms with E-state index in [-0.39, 0.29) is 0 Å². The van der Waals surface area contributed by atoms with Gasteiger partial charge in [-0.3, -0.25) is 0 Å². The van der Waals surface area contributed by atoms with Gasteiger partial charge < -0.3 is 4.48 Å². The third kappa shape index (κ3) is 6.41. The van der Waals surface area contributed by atoms with Gasteiger partial charge in [-0.1, -0.05) is 13.3 Å². The predicted octanol–water partition coefficient (Wildman–Crippen LogP) is 5.45. The normalized spacial score (nSPS) is 14.9. The van der Waals surface area contributed by atoms with Crippen LogP contribution in [0.3, 0.4) is 0 Å². The summed E-state index contributed by atoms with van der Waals surface area (Å²) < 4.78 is 115. The van der Waals surface area contributed by atoms with Gasteiger partial charge >= 0.3 is 23.9 Å². The summed E-state index contributed by atoms with van der Waals surface area (Å²) >= 11 is 0.820. The van der Waals surface area contributed by atoms with Crippen LogP contribution in [0.4, 0.5) is 39.5 Å². The molecular formula is C14H23F9NS+. The first-order chi connectivity index (χ1) is 11.0. The van der Waals surface area contributed by atoms with Gasteiger partial charge in [0.15, 0.2) is 0 Å². The maximum Gasteiger partial charge on any atom is 0.460 e. The molecule has 0 aromatic carbocycles. The Hall–Kier alpha value is -0.320. The molecule has 11 heteroatoms. The topological polar surface area (TPSA) is 0 Å². The quantitative estimate of drug-likeness (QED) is 0.249. The highest BCUT2D eigenvalue weighted by Crippen LogP contribution is 2.54. The molecule has 0 bridgehead atoms. The summed E-state index contributed by atoms with van der Waals surface area (Å²) in [6.07, 6.45) is -6.62. The second-order valence-electron chi connectivity index (χ2n) is 6.45. The van der Waals surface area contributed by atoms with Gasteiger partial charge in [0.2, 0.25) is 0 Å². The fourth-order valence-electron chi connectivity index (χ4n) is 1.88. The molecule has 0 saturated carbocycles. The second kappa shape index (κ2) is 8.58. The van der Waals surface area contributed by atoms with Crippen LogP contribution in [-0.2, 0) is 0 Å². The van der Waals surface area contributed by atoms with Gasteiger partial charge in [0.25, 0.3) is 0 Å². The highest BCUT2D eigenvalue weighted by molar-refractivity contribution is 7.99. The molecule has 0 rings (SSSR count). The standard InChI is InChI=1S/C14H23F9NS/c1-4-5-7-24(2,3)8-10-25-9-6-11(15,16)12(17,18)13(19,20)14(21,22)23/h4-10H2,1-3H3/q+1. The molecule has 0 aromatic heterocycles. The lowest BCUT2D eigenvalue weighted by molar-refractivity contribution is -0.888. The summed E-state index contributed by atoms with van der Waals surface area (Å²) in [5.74, 6) is -19.1. The van der Waals surface area contributed by atoms with Gasteiger partial charge in [-0.2, -0.15) is 51.3 Å². The Kier molecular flexibility index (Phi) is 8.47. The predicted molar refractivity (Wildman–Crippen MR) is 79.6 cm³/mol. The molecule has 0 aliphatic heterocycles. The van der Waals surface area contributed by atoms with Gasteiger partial charge in [-0.05, 0) is 12.2 Å². The van der Waals surface area contributed by atoms with E-state index in [1.165, 1.54) is 0 Å². The summed E-state index contributed by atoms with van der Waals surface area (Å²) in [4.78, 5) is 0. The van der Waals surface area contributed by atoms with Crippen molar-refractivity contribution in [2.75, 3.05) is 38.7 Å². The van der Waals surface area contributed by atoms with Crippen molar-refractivity contribution in [2.45, 2.75) is 50.1 Å². The van der Waals surface area contributed by atoms with Crippen molar-refractivity contribution < 1.29 is 44.0 Å². The lowest BCUT2D eigenvalue weighted by Crippen LogP contribution is -2.60. The van der Waals surface area contributed by atoms with Crippen molar-refractivity contribution in [3.8, 4) is 0 Å². The van der Waals surface area contributed by atoms with Crippen LogP contribution in [-0.4, -0.2) is 67.1 Å². The van der Waals surface area contributed by atoms with Gasteiger partial charge in [0.1, 0.15) is 0 Å². The molecule has 0 spiro atoms. The molecule has 1 nitrogen and oxygen atoms in total. The molecule has 0 aliphatic carbocycles. The van der Waals surface area contributed by atoms with Gasteiger partial charge in [-0.25, -0.2) is 0 Å². The van der Waals surface area contributed by atoms with E-state index in [2.05, 4.69) is 0 Å². The molecule has 0 fully saturated rings. The number of thioether (sulfide) groups is 1. The number of quaternary nitrogens is 1. The summed E-state index contributed by atoms with van der Waals surface area (Å²) in [7, 11) is 3.78. The monoisotopic (exact) mass is 408 g/mol. The van der Waals surface area contributed by atoms with E-state index in [1.807, 2.05) is 21.0 Å². The number of rotatable bonds is 11. The minimum absolute atomic E-state index is 0.300.